The van der Waals surface area contributed by atoms with Gasteiger partial charge in [-0.25, -0.2) is 0 Å². The molecule has 2 N–H and O–H groups in total. The van der Waals surface area contributed by atoms with Gasteiger partial charge in [-0.3, -0.25) is 14.8 Å². The van der Waals surface area contributed by atoms with E-state index in [0.29, 0.717) is 18.2 Å². The maximum Gasteiger partial charge on any atom is 0.271 e. The number of amides is 1. The van der Waals surface area contributed by atoms with E-state index in [1.807, 2.05) is 6.07 Å². The Morgan fingerprint density at radius 1 is 1.29 bits per heavy atom. The molecule has 6 nitrogen and oxygen atoms in total. The Bertz CT molecular complexity index is 569. The second-order valence-electron chi connectivity index (χ2n) is 7.55. The van der Waals surface area contributed by atoms with Gasteiger partial charge in [0, 0.05) is 36.9 Å². The summed E-state index contributed by atoms with van der Waals surface area (Å²) in [6.45, 7) is 4.57. The summed E-state index contributed by atoms with van der Waals surface area (Å²) in [5, 5.41) is 10.4. The van der Waals surface area contributed by atoms with E-state index >= 15 is 0 Å². The summed E-state index contributed by atoms with van der Waals surface area (Å²) in [5.74, 6) is 0.537. The van der Waals surface area contributed by atoms with E-state index in [0.717, 1.165) is 44.8 Å². The molecule has 1 amide bonds. The van der Waals surface area contributed by atoms with Crippen LogP contribution in [0, 0.1) is 0 Å². The number of piperidine rings is 1. The maximum absolute atomic E-state index is 12.5. The number of carbonyl (C=O) groups excluding carboxylic acids is 1. The summed E-state index contributed by atoms with van der Waals surface area (Å²) >= 11 is 0. The Balaban J connectivity index is 1.40. The Labute approximate surface area is 143 Å². The molecule has 0 spiro atoms. The zero-order chi connectivity index (χ0) is 16.4. The molecule has 2 saturated heterocycles. The molecule has 0 radical (unpaired) electrons. The number of nitrogens with zero attached hydrogens (tertiary/aromatic N) is 2. The van der Waals surface area contributed by atoms with Crippen LogP contribution >= 0.6 is 0 Å². The van der Waals surface area contributed by atoms with Crippen molar-refractivity contribution in [1.29, 1.82) is 0 Å². The summed E-state index contributed by atoms with van der Waals surface area (Å²) in [6.07, 6.45) is 8.28. The van der Waals surface area contributed by atoms with Crippen LogP contribution in [0.5, 0.6) is 0 Å². The fourth-order valence-corrected chi connectivity index (χ4v) is 4.12. The van der Waals surface area contributed by atoms with E-state index in [1.165, 1.54) is 32.1 Å². The van der Waals surface area contributed by atoms with Gasteiger partial charge in [0.2, 0.25) is 0 Å². The highest BCUT2D eigenvalue weighted by Gasteiger charge is 2.39. The highest BCUT2D eigenvalue weighted by atomic mass is 16.5. The average molecular weight is 332 g/mol. The molecule has 0 bridgehead atoms. The van der Waals surface area contributed by atoms with Crippen molar-refractivity contribution >= 4 is 5.91 Å². The lowest BCUT2D eigenvalue weighted by Gasteiger charge is -2.48. The van der Waals surface area contributed by atoms with E-state index < -0.39 is 0 Å². The van der Waals surface area contributed by atoms with Crippen molar-refractivity contribution in [3.05, 3.63) is 17.5 Å². The molecular weight excluding hydrogens is 304 g/mol. The number of hydrogen-bond donors (Lipinski definition) is 2. The van der Waals surface area contributed by atoms with E-state index in [9.17, 15) is 4.79 Å². The van der Waals surface area contributed by atoms with Crippen LogP contribution in [0.25, 0.3) is 0 Å². The number of aromatic nitrogens is 2. The van der Waals surface area contributed by atoms with Crippen LogP contribution in [-0.2, 0) is 4.74 Å². The van der Waals surface area contributed by atoms with Crippen molar-refractivity contribution in [2.45, 2.75) is 56.4 Å². The molecule has 3 aliphatic rings. The smallest absolute Gasteiger partial charge is 0.271 e. The Kier molecular flexibility index (Phi) is 4.59. The molecule has 1 aromatic heterocycles. The fraction of sp³-hybridized carbons (Fsp3) is 0.778. The number of hydrogen-bond acceptors (Lipinski definition) is 4. The van der Waals surface area contributed by atoms with E-state index in [4.69, 9.17) is 4.74 Å². The number of H-pyrrole nitrogens is 1. The van der Waals surface area contributed by atoms with Crippen LogP contribution in [0.2, 0.25) is 0 Å². The van der Waals surface area contributed by atoms with Gasteiger partial charge in [0.05, 0.1) is 0 Å². The van der Waals surface area contributed by atoms with E-state index in [2.05, 4.69) is 20.4 Å². The molecule has 3 fully saturated rings. The van der Waals surface area contributed by atoms with Crippen LogP contribution in [0.1, 0.15) is 67.0 Å². The molecule has 2 aliphatic heterocycles. The third kappa shape index (κ3) is 3.35. The standard InChI is InChI=1S/C18H28N4O2/c23-17(16-12-15(20-21-16)14-4-5-14)19-13-18(6-10-24-11-7-18)22-8-2-1-3-9-22/h12,14H,1-11,13H2,(H,19,23)(H,20,21). The summed E-state index contributed by atoms with van der Waals surface area (Å²) in [7, 11) is 0. The molecule has 6 heteroatoms. The lowest BCUT2D eigenvalue weighted by molar-refractivity contribution is -0.0349. The first kappa shape index (κ1) is 16.1. The first-order valence-electron chi connectivity index (χ1n) is 9.43. The topological polar surface area (TPSA) is 70.2 Å². The number of nitrogens with one attached hydrogen (secondary N) is 2. The molecule has 1 aromatic rings. The zero-order valence-electron chi connectivity index (χ0n) is 14.4. The monoisotopic (exact) mass is 332 g/mol. The fourth-order valence-electron chi connectivity index (χ4n) is 4.12. The van der Waals surface area contributed by atoms with Crippen molar-refractivity contribution in [3.8, 4) is 0 Å². The molecule has 0 unspecified atom stereocenters. The second kappa shape index (κ2) is 6.84. The van der Waals surface area contributed by atoms with Gasteiger partial charge in [0.15, 0.2) is 0 Å². The second-order valence-corrected chi connectivity index (χ2v) is 7.55. The van der Waals surface area contributed by atoms with Crippen molar-refractivity contribution in [2.75, 3.05) is 32.8 Å². The summed E-state index contributed by atoms with van der Waals surface area (Å²) in [5.41, 5.74) is 1.69. The first-order chi connectivity index (χ1) is 11.8. The van der Waals surface area contributed by atoms with Crippen molar-refractivity contribution in [2.24, 2.45) is 0 Å². The highest BCUT2D eigenvalue weighted by molar-refractivity contribution is 5.92. The Morgan fingerprint density at radius 2 is 2.04 bits per heavy atom. The number of aromatic amines is 1. The largest absolute Gasteiger partial charge is 0.381 e. The molecule has 132 valence electrons. The van der Waals surface area contributed by atoms with Crippen LogP contribution in [0.4, 0.5) is 0 Å². The minimum Gasteiger partial charge on any atom is -0.381 e. The van der Waals surface area contributed by atoms with Gasteiger partial charge < -0.3 is 10.1 Å². The maximum atomic E-state index is 12.5. The predicted octanol–water partition coefficient (Wildman–Crippen LogP) is 2.05. The van der Waals surface area contributed by atoms with Crippen molar-refractivity contribution in [3.63, 3.8) is 0 Å². The number of ether oxygens (including phenoxy) is 1. The summed E-state index contributed by atoms with van der Waals surface area (Å²) in [6, 6.07) is 1.92. The van der Waals surface area contributed by atoms with Crippen molar-refractivity contribution in [1.82, 2.24) is 20.4 Å². The Morgan fingerprint density at radius 3 is 2.75 bits per heavy atom. The van der Waals surface area contributed by atoms with Gasteiger partial charge in [0.1, 0.15) is 5.69 Å². The number of likely N-dealkylation sites (tertiary alicyclic amines) is 1. The van der Waals surface area contributed by atoms with E-state index in [-0.39, 0.29) is 11.4 Å². The van der Waals surface area contributed by atoms with Crippen LogP contribution in [-0.4, -0.2) is 59.4 Å². The van der Waals surface area contributed by atoms with E-state index in [1.54, 1.807) is 0 Å². The lowest BCUT2D eigenvalue weighted by Crippen LogP contribution is -2.59. The summed E-state index contributed by atoms with van der Waals surface area (Å²) in [4.78, 5) is 15.1. The predicted molar refractivity (Wildman–Crippen MR) is 91.1 cm³/mol. The van der Waals surface area contributed by atoms with Gasteiger partial charge in [-0.1, -0.05) is 6.42 Å². The van der Waals surface area contributed by atoms with Gasteiger partial charge >= 0.3 is 0 Å². The Hall–Kier alpha value is -1.40. The molecule has 4 rings (SSSR count). The molecule has 24 heavy (non-hydrogen) atoms. The molecule has 1 aliphatic carbocycles. The highest BCUT2D eigenvalue weighted by Crippen LogP contribution is 2.39. The van der Waals surface area contributed by atoms with Crippen LogP contribution in [0.3, 0.4) is 0 Å². The summed E-state index contributed by atoms with van der Waals surface area (Å²) < 4.78 is 5.59. The third-order valence-corrected chi connectivity index (χ3v) is 5.88. The van der Waals surface area contributed by atoms with Crippen molar-refractivity contribution < 1.29 is 9.53 Å². The normalized spacial score (nSPS) is 24.7. The SMILES string of the molecule is O=C(NCC1(N2CCCCC2)CCOCC1)c1cc(C2CC2)[nH]n1. The molecule has 3 heterocycles. The first-order valence-corrected chi connectivity index (χ1v) is 9.43. The zero-order valence-corrected chi connectivity index (χ0v) is 14.4. The van der Waals surface area contributed by atoms with Gasteiger partial charge in [-0.2, -0.15) is 5.10 Å². The lowest BCUT2D eigenvalue weighted by atomic mass is 9.86. The van der Waals surface area contributed by atoms with Gasteiger partial charge in [-0.05, 0) is 57.7 Å². The minimum atomic E-state index is -0.0546. The molecule has 0 aromatic carbocycles. The van der Waals surface area contributed by atoms with Crippen LogP contribution in [0.15, 0.2) is 6.07 Å². The number of rotatable bonds is 5. The third-order valence-electron chi connectivity index (χ3n) is 5.88. The molecule has 0 atom stereocenters. The average Bonchev–Trinajstić information content (AvgIpc) is 3.38. The van der Waals surface area contributed by atoms with Crippen LogP contribution < -0.4 is 5.32 Å². The minimum absolute atomic E-state index is 0.0546. The molecule has 1 saturated carbocycles. The van der Waals surface area contributed by atoms with Gasteiger partial charge in [0.25, 0.3) is 5.91 Å². The quantitative estimate of drug-likeness (QED) is 0.866. The van der Waals surface area contributed by atoms with Gasteiger partial charge in [-0.15, -0.1) is 0 Å². The number of carbonyl (C=O) groups is 1. The molecular formula is C18H28N4O2.